The maximum Gasteiger partial charge on any atom is 0.272 e. The quantitative estimate of drug-likeness (QED) is 0.685. The van der Waals surface area contributed by atoms with Crippen molar-refractivity contribution in [3.63, 3.8) is 0 Å². The third-order valence-electron chi connectivity index (χ3n) is 5.16. The Labute approximate surface area is 165 Å². The summed E-state index contributed by atoms with van der Waals surface area (Å²) in [6, 6.07) is 20.3. The van der Waals surface area contributed by atoms with Gasteiger partial charge < -0.3 is 9.80 Å². The highest BCUT2D eigenvalue weighted by atomic mass is 16.2. The van der Waals surface area contributed by atoms with Crippen molar-refractivity contribution in [1.82, 2.24) is 14.9 Å². The van der Waals surface area contributed by atoms with Gasteiger partial charge in [-0.15, -0.1) is 0 Å². The van der Waals surface area contributed by atoms with Gasteiger partial charge in [-0.25, -0.2) is 9.97 Å². The molecule has 5 nitrogen and oxygen atoms in total. The molecule has 1 aliphatic rings. The molecule has 0 saturated carbocycles. The van der Waals surface area contributed by atoms with E-state index < -0.39 is 0 Å². The van der Waals surface area contributed by atoms with E-state index in [9.17, 15) is 4.79 Å². The number of hydrogen-bond donors (Lipinski definition) is 0. The molecule has 0 spiro atoms. The van der Waals surface area contributed by atoms with Crippen molar-refractivity contribution < 1.29 is 4.79 Å². The van der Waals surface area contributed by atoms with Crippen LogP contribution in [-0.4, -0.2) is 33.9 Å². The molecule has 4 rings (SSSR count). The van der Waals surface area contributed by atoms with Gasteiger partial charge in [0.2, 0.25) is 5.95 Å². The minimum atomic E-state index is -0.0334. The van der Waals surface area contributed by atoms with Gasteiger partial charge in [-0.3, -0.25) is 4.79 Å². The summed E-state index contributed by atoms with van der Waals surface area (Å²) in [5.41, 5.74) is 4.19. The summed E-state index contributed by atoms with van der Waals surface area (Å²) in [5, 5.41) is 0. The van der Waals surface area contributed by atoms with Crippen molar-refractivity contribution >= 4 is 11.9 Å². The van der Waals surface area contributed by atoms with Crippen molar-refractivity contribution in [2.24, 2.45) is 0 Å². The summed E-state index contributed by atoms with van der Waals surface area (Å²) in [6.45, 7) is 4.91. The number of amides is 1. The number of rotatable bonds is 5. The molecular formula is C23H24N4O. The van der Waals surface area contributed by atoms with E-state index in [1.54, 1.807) is 12.3 Å². The van der Waals surface area contributed by atoms with E-state index in [4.69, 9.17) is 0 Å². The Hall–Kier alpha value is -3.21. The molecule has 142 valence electrons. The highest BCUT2D eigenvalue weighted by Gasteiger charge is 2.23. The molecule has 1 aromatic heterocycles. The van der Waals surface area contributed by atoms with Crippen LogP contribution in [0.1, 0.15) is 34.1 Å². The Kier molecular flexibility index (Phi) is 5.33. The molecule has 0 aliphatic carbocycles. The minimum Gasteiger partial charge on any atom is -0.337 e. The van der Waals surface area contributed by atoms with E-state index in [0.29, 0.717) is 24.7 Å². The van der Waals surface area contributed by atoms with Gasteiger partial charge >= 0.3 is 0 Å². The maximum atomic E-state index is 13.0. The van der Waals surface area contributed by atoms with Crippen molar-refractivity contribution in [3.05, 3.63) is 89.2 Å². The number of hydrogen-bond acceptors (Lipinski definition) is 4. The maximum absolute atomic E-state index is 13.0. The van der Waals surface area contributed by atoms with E-state index in [1.165, 1.54) is 16.7 Å². The summed E-state index contributed by atoms with van der Waals surface area (Å²) < 4.78 is 0. The zero-order chi connectivity index (χ0) is 19.3. The van der Waals surface area contributed by atoms with Crippen molar-refractivity contribution in [2.45, 2.75) is 26.4 Å². The normalized spacial score (nSPS) is 13.1. The van der Waals surface area contributed by atoms with Gasteiger partial charge in [-0.1, -0.05) is 54.6 Å². The van der Waals surface area contributed by atoms with Crippen molar-refractivity contribution in [1.29, 1.82) is 0 Å². The number of benzene rings is 2. The van der Waals surface area contributed by atoms with Crippen LogP contribution in [0, 0.1) is 0 Å². The number of nitrogens with zero attached hydrogens (tertiary/aromatic N) is 4. The predicted molar refractivity (Wildman–Crippen MR) is 110 cm³/mol. The molecule has 0 unspecified atom stereocenters. The fraction of sp³-hybridized carbons (Fsp3) is 0.261. The molecule has 3 aromatic rings. The molecule has 0 saturated heterocycles. The molecule has 28 heavy (non-hydrogen) atoms. The second-order valence-electron chi connectivity index (χ2n) is 6.99. The minimum absolute atomic E-state index is 0.0334. The number of fused-ring (bicyclic) bond motifs is 1. The van der Waals surface area contributed by atoms with Crippen LogP contribution >= 0.6 is 0 Å². The molecule has 1 aliphatic heterocycles. The van der Waals surface area contributed by atoms with Gasteiger partial charge in [-0.05, 0) is 36.1 Å². The number of anilines is 1. The van der Waals surface area contributed by atoms with E-state index in [0.717, 1.165) is 19.5 Å². The third-order valence-corrected chi connectivity index (χ3v) is 5.16. The highest BCUT2D eigenvalue weighted by molar-refractivity contribution is 5.92. The van der Waals surface area contributed by atoms with Crippen molar-refractivity contribution in [3.8, 4) is 0 Å². The molecule has 2 aromatic carbocycles. The van der Waals surface area contributed by atoms with Crippen LogP contribution in [0.3, 0.4) is 0 Å². The lowest BCUT2D eigenvalue weighted by molar-refractivity contribution is 0.0728. The number of aromatic nitrogens is 2. The molecule has 0 atom stereocenters. The van der Waals surface area contributed by atoms with Gasteiger partial charge in [-0.2, -0.15) is 0 Å². The van der Waals surface area contributed by atoms with Crippen LogP contribution in [0.4, 0.5) is 5.95 Å². The first-order valence-electron chi connectivity index (χ1n) is 9.72. The lowest BCUT2D eigenvalue weighted by atomic mass is 10.00. The summed E-state index contributed by atoms with van der Waals surface area (Å²) in [5.74, 6) is 0.559. The molecule has 0 bridgehead atoms. The Morgan fingerprint density at radius 3 is 2.57 bits per heavy atom. The lowest BCUT2D eigenvalue weighted by Gasteiger charge is -2.29. The number of carbonyl (C=O) groups excluding carboxylic acids is 1. The Bertz CT molecular complexity index is 958. The monoisotopic (exact) mass is 372 g/mol. The highest BCUT2D eigenvalue weighted by Crippen LogP contribution is 2.20. The van der Waals surface area contributed by atoms with E-state index in [1.807, 2.05) is 29.2 Å². The molecule has 2 heterocycles. The van der Waals surface area contributed by atoms with Crippen LogP contribution in [0.5, 0.6) is 0 Å². The van der Waals surface area contributed by atoms with Gasteiger partial charge in [0.05, 0.1) is 0 Å². The van der Waals surface area contributed by atoms with Crippen LogP contribution < -0.4 is 4.90 Å². The summed E-state index contributed by atoms with van der Waals surface area (Å²) >= 11 is 0. The summed E-state index contributed by atoms with van der Waals surface area (Å²) in [6.07, 6.45) is 2.57. The van der Waals surface area contributed by atoms with Gasteiger partial charge in [0.25, 0.3) is 5.91 Å². The second-order valence-corrected chi connectivity index (χ2v) is 6.99. The van der Waals surface area contributed by atoms with E-state index in [2.05, 4.69) is 52.1 Å². The first-order valence-corrected chi connectivity index (χ1v) is 9.72. The molecular weight excluding hydrogens is 348 g/mol. The fourth-order valence-electron chi connectivity index (χ4n) is 3.58. The van der Waals surface area contributed by atoms with Crippen LogP contribution in [0.25, 0.3) is 0 Å². The largest absolute Gasteiger partial charge is 0.337 e. The summed E-state index contributed by atoms with van der Waals surface area (Å²) in [7, 11) is 0. The third kappa shape index (κ3) is 3.88. The Balaban J connectivity index is 1.52. The SMILES string of the molecule is CCN(Cc1ccccc1)c1nccc(C(=O)N2CCc3ccccc3C2)n1. The van der Waals surface area contributed by atoms with Crippen LogP contribution in [0.15, 0.2) is 66.9 Å². The van der Waals surface area contributed by atoms with Gasteiger partial charge in [0, 0.05) is 32.4 Å². The Morgan fingerprint density at radius 1 is 1.04 bits per heavy atom. The first kappa shape index (κ1) is 18.2. The fourth-order valence-corrected chi connectivity index (χ4v) is 3.58. The van der Waals surface area contributed by atoms with Gasteiger partial charge in [0.1, 0.15) is 5.69 Å². The Morgan fingerprint density at radius 2 is 1.79 bits per heavy atom. The second kappa shape index (κ2) is 8.21. The average molecular weight is 372 g/mol. The zero-order valence-corrected chi connectivity index (χ0v) is 16.1. The lowest BCUT2D eigenvalue weighted by Crippen LogP contribution is -2.36. The van der Waals surface area contributed by atoms with Crippen molar-refractivity contribution in [2.75, 3.05) is 18.0 Å². The molecule has 1 amide bonds. The topological polar surface area (TPSA) is 49.3 Å². The first-order chi connectivity index (χ1) is 13.7. The van der Waals surface area contributed by atoms with Crippen LogP contribution in [0.2, 0.25) is 0 Å². The predicted octanol–water partition coefficient (Wildman–Crippen LogP) is 3.70. The smallest absolute Gasteiger partial charge is 0.272 e. The molecule has 0 N–H and O–H groups in total. The molecule has 0 fully saturated rings. The summed E-state index contributed by atoms with van der Waals surface area (Å²) in [4.78, 5) is 26.0. The van der Waals surface area contributed by atoms with Crippen LogP contribution in [-0.2, 0) is 19.5 Å². The zero-order valence-electron chi connectivity index (χ0n) is 16.1. The van der Waals surface area contributed by atoms with E-state index in [-0.39, 0.29) is 5.91 Å². The average Bonchev–Trinajstić information content (AvgIpc) is 2.77. The van der Waals surface area contributed by atoms with Gasteiger partial charge in [0.15, 0.2) is 0 Å². The molecule has 0 radical (unpaired) electrons. The number of carbonyl (C=O) groups is 1. The standard InChI is InChI=1S/C23H24N4O/c1-2-26(16-18-8-4-3-5-9-18)23-24-14-12-21(25-23)22(28)27-15-13-19-10-6-7-11-20(19)17-27/h3-12,14H,2,13,15-17H2,1H3. The molecule has 5 heteroatoms. The van der Waals surface area contributed by atoms with E-state index >= 15 is 0 Å².